The molecule has 22 heavy (non-hydrogen) atoms. The lowest BCUT2D eigenvalue weighted by atomic mass is 10.1. The number of rotatable bonds is 5. The Morgan fingerprint density at radius 1 is 1.45 bits per heavy atom. The van der Waals surface area contributed by atoms with Crippen LogP contribution in [0.3, 0.4) is 0 Å². The van der Waals surface area contributed by atoms with Crippen molar-refractivity contribution >= 4 is 0 Å². The number of hydrogen-bond acceptors (Lipinski definition) is 5. The first-order valence-corrected chi connectivity index (χ1v) is 7.44. The van der Waals surface area contributed by atoms with Gasteiger partial charge in [-0.15, -0.1) is 0 Å². The van der Waals surface area contributed by atoms with E-state index in [9.17, 15) is 4.39 Å². The van der Waals surface area contributed by atoms with Gasteiger partial charge in [-0.25, -0.2) is 4.39 Å². The average Bonchev–Trinajstić information content (AvgIpc) is 3.11. The lowest BCUT2D eigenvalue weighted by Crippen LogP contribution is -2.15. The first-order chi connectivity index (χ1) is 10.7. The number of aromatic nitrogens is 2. The molecule has 6 heteroatoms. The summed E-state index contributed by atoms with van der Waals surface area (Å²) in [5.74, 6) is 1.42. The molecule has 1 fully saturated rings. The van der Waals surface area contributed by atoms with Gasteiger partial charge in [0.05, 0.1) is 6.61 Å². The smallest absolute Gasteiger partial charge is 0.227 e. The first kappa shape index (κ1) is 15.1. The quantitative estimate of drug-likeness (QED) is 0.849. The molecular formula is C16H20FN3O2. The van der Waals surface area contributed by atoms with E-state index in [0.29, 0.717) is 23.2 Å². The monoisotopic (exact) mass is 305 g/mol. The number of methoxy groups -OCH3 is 1. The normalized spacial score (nSPS) is 19.0. The molecule has 1 saturated heterocycles. The molecule has 3 rings (SSSR count). The zero-order chi connectivity index (χ0) is 15.5. The largest absolute Gasteiger partial charge is 0.380 e. The molecule has 1 unspecified atom stereocenters. The standard InChI is InChI=1S/C16H20FN3O2/c1-20-6-5-11(9-20)7-15-18-16(19-22-15)12-3-4-14(17)13(8-12)10-21-2/h3-4,8,11H,5-7,9-10H2,1-2H3. The third kappa shape index (κ3) is 3.34. The van der Waals surface area contributed by atoms with E-state index in [0.717, 1.165) is 31.5 Å². The summed E-state index contributed by atoms with van der Waals surface area (Å²) in [4.78, 5) is 6.74. The van der Waals surface area contributed by atoms with Gasteiger partial charge in [-0.05, 0) is 44.1 Å². The Labute approximate surface area is 129 Å². The average molecular weight is 305 g/mol. The molecule has 2 aromatic rings. The van der Waals surface area contributed by atoms with Crippen molar-refractivity contribution in [3.05, 3.63) is 35.5 Å². The first-order valence-electron chi connectivity index (χ1n) is 7.44. The highest BCUT2D eigenvalue weighted by molar-refractivity contribution is 5.55. The predicted molar refractivity (Wildman–Crippen MR) is 79.7 cm³/mol. The Balaban J connectivity index is 1.74. The zero-order valence-electron chi connectivity index (χ0n) is 12.9. The highest BCUT2D eigenvalue weighted by Gasteiger charge is 2.22. The number of hydrogen-bond donors (Lipinski definition) is 0. The maximum absolute atomic E-state index is 13.6. The highest BCUT2D eigenvalue weighted by Crippen LogP contribution is 2.23. The Morgan fingerprint density at radius 2 is 2.32 bits per heavy atom. The summed E-state index contributed by atoms with van der Waals surface area (Å²) in [6.07, 6.45) is 1.95. The second kappa shape index (κ2) is 6.54. The number of halogens is 1. The van der Waals surface area contributed by atoms with Crippen LogP contribution in [0.5, 0.6) is 0 Å². The summed E-state index contributed by atoms with van der Waals surface area (Å²) in [6, 6.07) is 4.77. The van der Waals surface area contributed by atoms with E-state index in [1.54, 1.807) is 12.1 Å². The van der Waals surface area contributed by atoms with Crippen molar-refractivity contribution in [1.82, 2.24) is 15.0 Å². The molecule has 1 atom stereocenters. The molecule has 118 valence electrons. The lowest BCUT2D eigenvalue weighted by Gasteiger charge is -2.06. The highest BCUT2D eigenvalue weighted by atomic mass is 19.1. The van der Waals surface area contributed by atoms with Gasteiger partial charge in [-0.2, -0.15) is 4.98 Å². The van der Waals surface area contributed by atoms with Gasteiger partial charge in [0.1, 0.15) is 5.82 Å². The van der Waals surface area contributed by atoms with Crippen molar-refractivity contribution in [3.63, 3.8) is 0 Å². The molecule has 0 bridgehead atoms. The van der Waals surface area contributed by atoms with Crippen molar-refractivity contribution < 1.29 is 13.7 Å². The molecule has 0 N–H and O–H groups in total. The Hall–Kier alpha value is -1.79. The minimum atomic E-state index is -0.289. The van der Waals surface area contributed by atoms with E-state index in [2.05, 4.69) is 22.1 Å². The third-order valence-corrected chi connectivity index (χ3v) is 4.02. The summed E-state index contributed by atoms with van der Waals surface area (Å²) in [5, 5.41) is 4.02. The number of nitrogens with zero attached hydrogens (tertiary/aromatic N) is 3. The van der Waals surface area contributed by atoms with Crippen molar-refractivity contribution in [2.45, 2.75) is 19.4 Å². The van der Waals surface area contributed by atoms with E-state index >= 15 is 0 Å². The fraction of sp³-hybridized carbons (Fsp3) is 0.500. The van der Waals surface area contributed by atoms with E-state index in [4.69, 9.17) is 9.26 Å². The molecule has 1 aliphatic rings. The molecule has 5 nitrogen and oxygen atoms in total. The molecule has 1 aliphatic heterocycles. The van der Waals surface area contributed by atoms with E-state index in [-0.39, 0.29) is 12.4 Å². The SMILES string of the molecule is COCc1cc(-c2noc(CC3CCN(C)C3)n2)ccc1F. The van der Waals surface area contributed by atoms with Gasteiger partial charge in [0.15, 0.2) is 0 Å². The van der Waals surface area contributed by atoms with Gasteiger partial charge in [-0.1, -0.05) is 5.16 Å². The fourth-order valence-corrected chi connectivity index (χ4v) is 2.87. The Kier molecular flexibility index (Phi) is 4.49. The van der Waals surface area contributed by atoms with Crippen molar-refractivity contribution in [1.29, 1.82) is 0 Å². The maximum atomic E-state index is 13.6. The molecule has 0 aliphatic carbocycles. The topological polar surface area (TPSA) is 51.4 Å². The zero-order valence-corrected chi connectivity index (χ0v) is 12.9. The van der Waals surface area contributed by atoms with Gasteiger partial charge in [0.2, 0.25) is 11.7 Å². The van der Waals surface area contributed by atoms with Crippen LogP contribution in [-0.4, -0.2) is 42.3 Å². The maximum Gasteiger partial charge on any atom is 0.227 e. The molecule has 0 spiro atoms. The summed E-state index contributed by atoms with van der Waals surface area (Å²) in [5.41, 5.74) is 1.23. The number of likely N-dealkylation sites (tertiary alicyclic amines) is 1. The van der Waals surface area contributed by atoms with Crippen LogP contribution in [0.15, 0.2) is 22.7 Å². The summed E-state index contributed by atoms with van der Waals surface area (Å²) >= 11 is 0. The molecule has 0 amide bonds. The molecule has 0 saturated carbocycles. The molecule has 1 aromatic heterocycles. The van der Waals surface area contributed by atoms with E-state index in [1.807, 2.05) is 0 Å². The van der Waals surface area contributed by atoms with Crippen LogP contribution >= 0.6 is 0 Å². The predicted octanol–water partition coefficient (Wildman–Crippen LogP) is 2.52. The van der Waals surface area contributed by atoms with Crippen molar-refractivity contribution in [3.8, 4) is 11.4 Å². The second-order valence-corrected chi connectivity index (χ2v) is 5.87. The number of ether oxygens (including phenoxy) is 1. The third-order valence-electron chi connectivity index (χ3n) is 4.02. The van der Waals surface area contributed by atoms with Gasteiger partial charge < -0.3 is 14.2 Å². The molecular weight excluding hydrogens is 285 g/mol. The Morgan fingerprint density at radius 3 is 3.05 bits per heavy atom. The minimum absolute atomic E-state index is 0.221. The van der Waals surface area contributed by atoms with Crippen LogP contribution in [0.25, 0.3) is 11.4 Å². The summed E-state index contributed by atoms with van der Waals surface area (Å²) in [6.45, 7) is 2.40. The lowest BCUT2D eigenvalue weighted by molar-refractivity contribution is 0.181. The van der Waals surface area contributed by atoms with E-state index in [1.165, 1.54) is 13.2 Å². The van der Waals surface area contributed by atoms with Crippen LogP contribution < -0.4 is 0 Å². The van der Waals surface area contributed by atoms with Crippen LogP contribution in [0.2, 0.25) is 0 Å². The number of benzene rings is 1. The fourth-order valence-electron chi connectivity index (χ4n) is 2.87. The Bertz CT molecular complexity index is 644. The van der Waals surface area contributed by atoms with Gasteiger partial charge in [-0.3, -0.25) is 0 Å². The summed E-state index contributed by atoms with van der Waals surface area (Å²) in [7, 11) is 3.66. The van der Waals surface area contributed by atoms with Crippen LogP contribution in [0, 0.1) is 11.7 Å². The van der Waals surface area contributed by atoms with Gasteiger partial charge in [0, 0.05) is 31.2 Å². The minimum Gasteiger partial charge on any atom is -0.380 e. The van der Waals surface area contributed by atoms with Crippen molar-refractivity contribution in [2.24, 2.45) is 5.92 Å². The van der Waals surface area contributed by atoms with Gasteiger partial charge >= 0.3 is 0 Å². The second-order valence-electron chi connectivity index (χ2n) is 5.87. The van der Waals surface area contributed by atoms with Crippen LogP contribution in [0.4, 0.5) is 4.39 Å². The van der Waals surface area contributed by atoms with Crippen LogP contribution in [-0.2, 0) is 17.8 Å². The molecule has 1 aromatic carbocycles. The summed E-state index contributed by atoms with van der Waals surface area (Å²) < 4.78 is 24.0. The van der Waals surface area contributed by atoms with Gasteiger partial charge in [0.25, 0.3) is 0 Å². The van der Waals surface area contributed by atoms with Crippen molar-refractivity contribution in [2.75, 3.05) is 27.2 Å². The molecule has 2 heterocycles. The molecule has 0 radical (unpaired) electrons. The van der Waals surface area contributed by atoms with Crippen LogP contribution in [0.1, 0.15) is 17.9 Å². The van der Waals surface area contributed by atoms with E-state index < -0.39 is 0 Å².